The number of nitrogens with one attached hydrogen (secondary N) is 1. The molecule has 4 heteroatoms. The minimum Gasteiger partial charge on any atom is -0.451 e. The Balaban J connectivity index is 1.93. The summed E-state index contributed by atoms with van der Waals surface area (Å²) in [5, 5.41) is 4.36. The van der Waals surface area contributed by atoms with E-state index in [0.717, 1.165) is 22.2 Å². The molecule has 0 aliphatic rings. The van der Waals surface area contributed by atoms with Gasteiger partial charge in [0.15, 0.2) is 5.76 Å². The number of aryl methyl sites for hydroxylation is 3. The summed E-state index contributed by atoms with van der Waals surface area (Å²) in [7, 11) is 0. The summed E-state index contributed by atoms with van der Waals surface area (Å²) >= 11 is 5.95. The number of benzene rings is 2. The van der Waals surface area contributed by atoms with E-state index >= 15 is 0 Å². The van der Waals surface area contributed by atoms with Gasteiger partial charge in [0.25, 0.3) is 5.91 Å². The number of hydrogen-bond acceptors (Lipinski definition) is 2. The predicted octanol–water partition coefficient (Wildman–Crippen LogP) is 5.26. The number of rotatable bonds is 2. The van der Waals surface area contributed by atoms with Crippen LogP contribution in [0.25, 0.3) is 11.0 Å². The molecule has 2 aromatic carbocycles. The molecule has 1 aromatic heterocycles. The fraction of sp³-hybridized carbons (Fsp3) is 0.167. The second-order valence-electron chi connectivity index (χ2n) is 5.52. The van der Waals surface area contributed by atoms with E-state index in [0.29, 0.717) is 10.6 Å². The summed E-state index contributed by atoms with van der Waals surface area (Å²) in [4.78, 5) is 12.4. The standard InChI is InChI=1S/C18H16ClNO2/c1-10-6-11(2)17(12(3)7-10)20-18(21)16-9-13-8-14(19)4-5-15(13)22-16/h4-9H,1-3H3,(H,20,21). The van der Waals surface area contributed by atoms with Crippen LogP contribution in [0.5, 0.6) is 0 Å². The van der Waals surface area contributed by atoms with Crippen LogP contribution in [0.3, 0.4) is 0 Å². The Labute approximate surface area is 133 Å². The molecular formula is C18H16ClNO2. The highest BCUT2D eigenvalue weighted by atomic mass is 35.5. The topological polar surface area (TPSA) is 42.2 Å². The van der Waals surface area contributed by atoms with Crippen molar-refractivity contribution in [3.05, 3.63) is 63.9 Å². The van der Waals surface area contributed by atoms with Crippen LogP contribution in [0.2, 0.25) is 5.02 Å². The highest BCUT2D eigenvalue weighted by Gasteiger charge is 2.15. The van der Waals surface area contributed by atoms with Crippen LogP contribution in [-0.2, 0) is 0 Å². The molecule has 22 heavy (non-hydrogen) atoms. The first-order valence-corrected chi connectivity index (χ1v) is 7.40. The molecule has 3 nitrogen and oxygen atoms in total. The van der Waals surface area contributed by atoms with E-state index in [4.69, 9.17) is 16.0 Å². The average Bonchev–Trinajstić information content (AvgIpc) is 2.85. The molecule has 3 rings (SSSR count). The van der Waals surface area contributed by atoms with Crippen molar-refractivity contribution in [3.8, 4) is 0 Å². The molecule has 0 saturated heterocycles. The Morgan fingerprint density at radius 2 is 1.73 bits per heavy atom. The summed E-state index contributed by atoms with van der Waals surface area (Å²) in [5.74, 6) is 0.0130. The highest BCUT2D eigenvalue weighted by Crippen LogP contribution is 2.26. The average molecular weight is 314 g/mol. The van der Waals surface area contributed by atoms with Crippen molar-refractivity contribution >= 4 is 34.2 Å². The summed E-state index contributed by atoms with van der Waals surface area (Å²) in [6, 6.07) is 11.1. The zero-order valence-electron chi connectivity index (χ0n) is 12.7. The van der Waals surface area contributed by atoms with E-state index < -0.39 is 0 Å². The third-order valence-electron chi connectivity index (χ3n) is 3.62. The lowest BCUT2D eigenvalue weighted by atomic mass is 10.1. The predicted molar refractivity (Wildman–Crippen MR) is 89.8 cm³/mol. The first kappa shape index (κ1) is 14.7. The van der Waals surface area contributed by atoms with E-state index in [-0.39, 0.29) is 11.7 Å². The van der Waals surface area contributed by atoms with Gasteiger partial charge in [0, 0.05) is 16.1 Å². The van der Waals surface area contributed by atoms with Gasteiger partial charge >= 0.3 is 0 Å². The third-order valence-corrected chi connectivity index (χ3v) is 3.85. The Kier molecular flexibility index (Phi) is 3.67. The van der Waals surface area contributed by atoms with Gasteiger partial charge in [0.05, 0.1) is 0 Å². The van der Waals surface area contributed by atoms with Crippen molar-refractivity contribution in [3.63, 3.8) is 0 Å². The molecule has 3 aromatic rings. The lowest BCUT2D eigenvalue weighted by Crippen LogP contribution is -2.13. The molecular weight excluding hydrogens is 298 g/mol. The van der Waals surface area contributed by atoms with Crippen molar-refractivity contribution in [2.75, 3.05) is 5.32 Å². The van der Waals surface area contributed by atoms with Gasteiger partial charge in [-0.15, -0.1) is 0 Å². The fourth-order valence-corrected chi connectivity index (χ4v) is 2.86. The molecule has 0 unspecified atom stereocenters. The molecule has 1 N–H and O–H groups in total. The SMILES string of the molecule is Cc1cc(C)c(NC(=O)c2cc3cc(Cl)ccc3o2)c(C)c1. The van der Waals surface area contributed by atoms with Gasteiger partial charge in [-0.05, 0) is 56.2 Å². The third kappa shape index (κ3) is 2.72. The lowest BCUT2D eigenvalue weighted by Gasteiger charge is -2.11. The number of carbonyl (C=O) groups is 1. The number of fused-ring (bicyclic) bond motifs is 1. The maximum absolute atomic E-state index is 12.4. The van der Waals surface area contributed by atoms with Crippen molar-refractivity contribution in [1.82, 2.24) is 0 Å². The number of amides is 1. The summed E-state index contributed by atoms with van der Waals surface area (Å²) in [6.45, 7) is 6.00. The number of carbonyl (C=O) groups excluding carboxylic acids is 1. The van der Waals surface area contributed by atoms with Crippen LogP contribution < -0.4 is 5.32 Å². The Bertz CT molecular complexity index is 857. The Hall–Kier alpha value is -2.26. The normalized spacial score (nSPS) is 10.9. The number of hydrogen-bond donors (Lipinski definition) is 1. The zero-order chi connectivity index (χ0) is 15.9. The number of halogens is 1. The van der Waals surface area contributed by atoms with Crippen LogP contribution in [0.15, 0.2) is 40.8 Å². The van der Waals surface area contributed by atoms with Crippen LogP contribution in [0.4, 0.5) is 5.69 Å². The second kappa shape index (κ2) is 5.50. The molecule has 0 atom stereocenters. The summed E-state index contributed by atoms with van der Waals surface area (Å²) < 4.78 is 5.59. The van der Waals surface area contributed by atoms with Gasteiger partial charge in [-0.2, -0.15) is 0 Å². The van der Waals surface area contributed by atoms with Gasteiger partial charge in [-0.1, -0.05) is 29.3 Å². The van der Waals surface area contributed by atoms with Crippen molar-refractivity contribution in [2.45, 2.75) is 20.8 Å². The number of furan rings is 1. The Morgan fingerprint density at radius 3 is 2.41 bits per heavy atom. The quantitative estimate of drug-likeness (QED) is 0.701. The molecule has 1 heterocycles. The number of anilines is 1. The minimum atomic E-state index is -0.262. The second-order valence-corrected chi connectivity index (χ2v) is 5.96. The molecule has 0 spiro atoms. The molecule has 0 saturated carbocycles. The van der Waals surface area contributed by atoms with Gasteiger partial charge in [-0.25, -0.2) is 0 Å². The van der Waals surface area contributed by atoms with Gasteiger partial charge < -0.3 is 9.73 Å². The van der Waals surface area contributed by atoms with E-state index in [2.05, 4.69) is 5.32 Å². The van der Waals surface area contributed by atoms with Gasteiger partial charge in [-0.3, -0.25) is 4.79 Å². The molecule has 0 fully saturated rings. The zero-order valence-corrected chi connectivity index (χ0v) is 13.4. The molecule has 0 aliphatic carbocycles. The van der Waals surface area contributed by atoms with Crippen LogP contribution in [-0.4, -0.2) is 5.91 Å². The van der Waals surface area contributed by atoms with E-state index in [1.54, 1.807) is 24.3 Å². The first-order chi connectivity index (χ1) is 10.4. The molecule has 1 amide bonds. The molecule has 0 radical (unpaired) electrons. The first-order valence-electron chi connectivity index (χ1n) is 7.02. The maximum Gasteiger partial charge on any atom is 0.291 e. The van der Waals surface area contributed by atoms with Crippen LogP contribution in [0, 0.1) is 20.8 Å². The lowest BCUT2D eigenvalue weighted by molar-refractivity contribution is 0.0998. The van der Waals surface area contributed by atoms with E-state index in [9.17, 15) is 4.79 Å². The van der Waals surface area contributed by atoms with Gasteiger partial charge in [0.2, 0.25) is 0 Å². The maximum atomic E-state index is 12.4. The monoisotopic (exact) mass is 313 g/mol. The fourth-order valence-electron chi connectivity index (χ4n) is 2.68. The Morgan fingerprint density at radius 1 is 1.05 bits per heavy atom. The minimum absolute atomic E-state index is 0.262. The summed E-state index contributed by atoms with van der Waals surface area (Å²) in [5.41, 5.74) is 4.71. The smallest absolute Gasteiger partial charge is 0.291 e. The van der Waals surface area contributed by atoms with E-state index in [1.165, 1.54) is 5.56 Å². The van der Waals surface area contributed by atoms with Crippen molar-refractivity contribution < 1.29 is 9.21 Å². The van der Waals surface area contributed by atoms with E-state index in [1.807, 2.05) is 32.9 Å². The van der Waals surface area contributed by atoms with Crippen LogP contribution >= 0.6 is 11.6 Å². The van der Waals surface area contributed by atoms with Crippen molar-refractivity contribution in [1.29, 1.82) is 0 Å². The molecule has 0 aliphatic heterocycles. The molecule has 112 valence electrons. The largest absolute Gasteiger partial charge is 0.451 e. The van der Waals surface area contributed by atoms with Crippen LogP contribution in [0.1, 0.15) is 27.2 Å². The van der Waals surface area contributed by atoms with Crippen molar-refractivity contribution in [2.24, 2.45) is 0 Å². The highest BCUT2D eigenvalue weighted by molar-refractivity contribution is 6.31. The summed E-state index contributed by atoms with van der Waals surface area (Å²) in [6.07, 6.45) is 0. The van der Waals surface area contributed by atoms with Gasteiger partial charge in [0.1, 0.15) is 5.58 Å². The molecule has 0 bridgehead atoms.